The second-order valence-corrected chi connectivity index (χ2v) is 4.60. The molecule has 6 heteroatoms. The number of hydrogen-bond donors (Lipinski definition) is 2. The van der Waals surface area contributed by atoms with Crippen LogP contribution in [0.25, 0.3) is 11.2 Å². The minimum Gasteiger partial charge on any atom is -0.396 e. The first-order valence-corrected chi connectivity index (χ1v) is 5.82. The van der Waals surface area contributed by atoms with E-state index < -0.39 is 6.10 Å². The molecule has 2 aromatic heterocycles. The molecule has 1 saturated carbocycles. The average molecular weight is 246 g/mol. The van der Waals surface area contributed by atoms with Crippen LogP contribution in [0.15, 0.2) is 31.0 Å². The van der Waals surface area contributed by atoms with Crippen molar-refractivity contribution in [1.29, 1.82) is 0 Å². The van der Waals surface area contributed by atoms with Crippen molar-refractivity contribution in [1.82, 2.24) is 19.5 Å². The summed E-state index contributed by atoms with van der Waals surface area (Å²) in [7, 11) is 0. The number of imidazole rings is 1. The van der Waals surface area contributed by atoms with Gasteiger partial charge in [0, 0.05) is 12.5 Å². The number of rotatable bonds is 2. The molecule has 2 N–H and O–H groups in total. The Morgan fingerprint density at radius 3 is 3.00 bits per heavy atom. The van der Waals surface area contributed by atoms with Gasteiger partial charge in [0.15, 0.2) is 5.65 Å². The van der Waals surface area contributed by atoms with Crippen LogP contribution in [-0.4, -0.2) is 42.4 Å². The van der Waals surface area contributed by atoms with Crippen molar-refractivity contribution in [2.75, 3.05) is 6.61 Å². The molecule has 6 nitrogen and oxygen atoms in total. The highest BCUT2D eigenvalue weighted by atomic mass is 16.3. The number of nitrogens with zero attached hydrogens (tertiary/aromatic N) is 4. The van der Waals surface area contributed by atoms with Crippen molar-refractivity contribution in [3.63, 3.8) is 0 Å². The minimum atomic E-state index is -0.667. The highest BCUT2D eigenvalue weighted by molar-refractivity contribution is 5.69. The van der Waals surface area contributed by atoms with Gasteiger partial charge in [-0.3, -0.25) is 0 Å². The maximum absolute atomic E-state index is 9.97. The molecule has 3 atom stereocenters. The second-order valence-electron chi connectivity index (χ2n) is 4.60. The van der Waals surface area contributed by atoms with Gasteiger partial charge in [-0.25, -0.2) is 15.0 Å². The van der Waals surface area contributed by atoms with Crippen molar-refractivity contribution < 1.29 is 10.2 Å². The fraction of sp³-hybridized carbons (Fsp3) is 0.417. The molecule has 3 rings (SSSR count). The molecule has 0 radical (unpaired) electrons. The Labute approximate surface area is 104 Å². The summed E-state index contributed by atoms with van der Waals surface area (Å²) in [5.74, 6) is -0.165. The Balaban J connectivity index is 2.03. The predicted molar refractivity (Wildman–Crippen MR) is 64.7 cm³/mol. The molecular weight excluding hydrogens is 232 g/mol. The fourth-order valence-corrected chi connectivity index (χ4v) is 2.55. The van der Waals surface area contributed by atoms with E-state index in [1.165, 1.54) is 6.33 Å². The van der Waals surface area contributed by atoms with Crippen LogP contribution in [0.2, 0.25) is 0 Å². The van der Waals surface area contributed by atoms with Crippen LogP contribution in [0, 0.1) is 5.92 Å². The van der Waals surface area contributed by atoms with E-state index in [-0.39, 0.29) is 18.6 Å². The molecule has 0 bridgehead atoms. The predicted octanol–water partition coefficient (Wildman–Crippen LogP) is 0.297. The summed E-state index contributed by atoms with van der Waals surface area (Å²) in [6.07, 6.45) is 4.78. The van der Waals surface area contributed by atoms with Gasteiger partial charge < -0.3 is 14.8 Å². The van der Waals surface area contributed by atoms with Crippen molar-refractivity contribution in [2.24, 2.45) is 5.92 Å². The zero-order chi connectivity index (χ0) is 12.7. The lowest BCUT2D eigenvalue weighted by Gasteiger charge is -2.14. The number of aromatic nitrogens is 4. The van der Waals surface area contributed by atoms with Gasteiger partial charge in [0.25, 0.3) is 0 Å². The van der Waals surface area contributed by atoms with Crippen LogP contribution in [-0.2, 0) is 0 Å². The third kappa shape index (κ3) is 1.53. The van der Waals surface area contributed by atoms with Crippen molar-refractivity contribution >= 4 is 11.2 Å². The molecule has 0 aliphatic heterocycles. The molecule has 3 unspecified atom stereocenters. The first-order valence-electron chi connectivity index (χ1n) is 5.82. The molecule has 2 aromatic rings. The molecule has 2 heterocycles. The summed E-state index contributed by atoms with van der Waals surface area (Å²) in [5.41, 5.74) is 2.14. The van der Waals surface area contributed by atoms with E-state index in [9.17, 15) is 10.2 Å². The lowest BCUT2D eigenvalue weighted by atomic mass is 10.1. The van der Waals surface area contributed by atoms with Crippen LogP contribution in [0.4, 0.5) is 0 Å². The Bertz CT molecular complexity index is 595. The van der Waals surface area contributed by atoms with E-state index in [1.807, 2.05) is 4.57 Å². The number of aliphatic hydroxyl groups excluding tert-OH is 2. The van der Waals surface area contributed by atoms with Gasteiger partial charge in [0.2, 0.25) is 0 Å². The highest BCUT2D eigenvalue weighted by Crippen LogP contribution is 2.39. The van der Waals surface area contributed by atoms with Crippen molar-refractivity contribution in [2.45, 2.75) is 18.6 Å². The van der Waals surface area contributed by atoms with Crippen molar-refractivity contribution in [3.05, 3.63) is 31.0 Å². The van der Waals surface area contributed by atoms with Gasteiger partial charge in [0.05, 0.1) is 24.7 Å². The van der Waals surface area contributed by atoms with E-state index in [1.54, 1.807) is 12.5 Å². The normalized spacial score (nSPS) is 28.1. The third-order valence-corrected chi connectivity index (χ3v) is 3.59. The first kappa shape index (κ1) is 11.3. The topological polar surface area (TPSA) is 84.1 Å². The number of aliphatic hydroxyl groups is 2. The molecule has 1 fully saturated rings. The van der Waals surface area contributed by atoms with E-state index in [0.717, 1.165) is 5.65 Å². The quantitative estimate of drug-likeness (QED) is 0.744. The molecule has 1 aliphatic rings. The van der Waals surface area contributed by atoms with E-state index in [0.29, 0.717) is 17.5 Å². The number of hydrogen-bond acceptors (Lipinski definition) is 5. The van der Waals surface area contributed by atoms with Gasteiger partial charge in [0.1, 0.15) is 11.8 Å². The van der Waals surface area contributed by atoms with Crippen LogP contribution in [0.1, 0.15) is 12.5 Å². The zero-order valence-electron chi connectivity index (χ0n) is 9.77. The summed E-state index contributed by atoms with van der Waals surface area (Å²) in [6, 6.07) is -0.0722. The van der Waals surface area contributed by atoms with Crippen molar-refractivity contribution in [3.8, 4) is 0 Å². The minimum absolute atomic E-state index is 0.0434. The summed E-state index contributed by atoms with van der Waals surface area (Å²) >= 11 is 0. The molecule has 0 amide bonds. The van der Waals surface area contributed by atoms with E-state index >= 15 is 0 Å². The maximum atomic E-state index is 9.97. The first-order chi connectivity index (χ1) is 8.72. The standard InChI is InChI=1S/C12H14N4O2/c1-7-10(2-8(4-17)11(7)18)16-6-15-9-3-13-5-14-12(9)16/h3,5-6,8,10-11,17-18H,1-2,4H2. The molecule has 18 heavy (non-hydrogen) atoms. The Morgan fingerprint density at radius 2 is 2.28 bits per heavy atom. The SMILES string of the molecule is C=C1C(O)C(CO)CC1n1cnc2cncnc21. The highest BCUT2D eigenvalue weighted by Gasteiger charge is 2.37. The Morgan fingerprint density at radius 1 is 1.44 bits per heavy atom. The molecular formula is C12H14N4O2. The molecule has 0 saturated heterocycles. The molecule has 94 valence electrons. The third-order valence-electron chi connectivity index (χ3n) is 3.59. The van der Waals surface area contributed by atoms with Crippen LogP contribution >= 0.6 is 0 Å². The van der Waals surface area contributed by atoms with Gasteiger partial charge >= 0.3 is 0 Å². The van der Waals surface area contributed by atoms with Gasteiger partial charge in [-0.2, -0.15) is 0 Å². The van der Waals surface area contributed by atoms with Crippen LogP contribution < -0.4 is 0 Å². The molecule has 1 aliphatic carbocycles. The lowest BCUT2D eigenvalue weighted by Crippen LogP contribution is -2.17. The fourth-order valence-electron chi connectivity index (χ4n) is 2.55. The van der Waals surface area contributed by atoms with Gasteiger partial charge in [-0.1, -0.05) is 6.58 Å². The summed E-state index contributed by atoms with van der Waals surface area (Å²) in [5, 5.41) is 19.2. The zero-order valence-corrected chi connectivity index (χ0v) is 9.77. The Hall–Kier alpha value is -1.79. The number of fused-ring (bicyclic) bond motifs is 1. The molecule has 0 aromatic carbocycles. The summed E-state index contributed by atoms with van der Waals surface area (Å²) < 4.78 is 1.89. The summed E-state index contributed by atoms with van der Waals surface area (Å²) in [6.45, 7) is 3.88. The Kier molecular flexibility index (Phi) is 2.61. The largest absolute Gasteiger partial charge is 0.396 e. The molecule has 0 spiro atoms. The van der Waals surface area contributed by atoms with E-state index in [4.69, 9.17) is 0 Å². The maximum Gasteiger partial charge on any atom is 0.163 e. The van der Waals surface area contributed by atoms with E-state index in [2.05, 4.69) is 21.5 Å². The lowest BCUT2D eigenvalue weighted by molar-refractivity contribution is 0.111. The second kappa shape index (κ2) is 4.15. The van der Waals surface area contributed by atoms with Gasteiger partial charge in [-0.05, 0) is 12.0 Å². The summed E-state index contributed by atoms with van der Waals surface area (Å²) in [4.78, 5) is 12.3. The van der Waals surface area contributed by atoms with Crippen LogP contribution in [0.3, 0.4) is 0 Å². The van der Waals surface area contributed by atoms with Crippen LogP contribution in [0.5, 0.6) is 0 Å². The monoisotopic (exact) mass is 246 g/mol. The smallest absolute Gasteiger partial charge is 0.163 e. The average Bonchev–Trinajstić information content (AvgIpc) is 2.93. The van der Waals surface area contributed by atoms with Gasteiger partial charge in [-0.15, -0.1) is 0 Å².